The molecule has 4 heteroatoms. The fourth-order valence-electron chi connectivity index (χ4n) is 1.53. The molecule has 1 heterocycles. The van der Waals surface area contributed by atoms with Crippen LogP contribution in [0, 0.1) is 8.99 Å². The molecule has 0 saturated carbocycles. The topological polar surface area (TPSA) is 35.5 Å². The Morgan fingerprint density at radius 3 is 2.88 bits per heavy atom. The molecule has 86 valence electrons. The van der Waals surface area contributed by atoms with Gasteiger partial charge in [0, 0.05) is 8.99 Å². The van der Waals surface area contributed by atoms with E-state index >= 15 is 0 Å². The number of hydrogen-bond donors (Lipinski definition) is 0. The molecule has 0 atom stereocenters. The molecule has 1 saturated heterocycles. The van der Waals surface area contributed by atoms with Gasteiger partial charge in [-0.25, -0.2) is 0 Å². The van der Waals surface area contributed by atoms with E-state index in [0.717, 1.165) is 23.1 Å². The minimum absolute atomic E-state index is 0.100. The van der Waals surface area contributed by atoms with Crippen LogP contribution in [0.1, 0.15) is 17.3 Å². The van der Waals surface area contributed by atoms with Crippen LogP contribution in [-0.2, 0) is 4.74 Å². The highest BCUT2D eigenvalue weighted by Gasteiger charge is 2.34. The Hall–Kier alpha value is -0.620. The molecule has 0 amide bonds. The maximum atomic E-state index is 10.9. The SMILES string of the molecule is CC1(COc2ccc(I)cc2C=O)COC1. The number of hydrogen-bond acceptors (Lipinski definition) is 3. The Balaban J connectivity index is 2.06. The van der Waals surface area contributed by atoms with Crippen molar-refractivity contribution >= 4 is 28.9 Å². The second-order valence-electron chi connectivity index (χ2n) is 4.39. The summed E-state index contributed by atoms with van der Waals surface area (Å²) >= 11 is 2.17. The number of halogens is 1. The number of aldehydes is 1. The molecule has 2 rings (SSSR count). The predicted octanol–water partition coefficient (Wildman–Crippen LogP) is 2.52. The molecule has 0 N–H and O–H groups in total. The Bertz CT molecular complexity index is 399. The molecule has 1 aliphatic heterocycles. The summed E-state index contributed by atoms with van der Waals surface area (Å²) < 4.78 is 11.9. The number of ether oxygens (including phenoxy) is 2. The summed E-state index contributed by atoms with van der Waals surface area (Å²) in [6.07, 6.45) is 0.830. The van der Waals surface area contributed by atoms with Crippen molar-refractivity contribution in [3.63, 3.8) is 0 Å². The first-order valence-corrected chi connectivity index (χ1v) is 6.16. The summed E-state index contributed by atoms with van der Waals surface area (Å²) in [6, 6.07) is 5.60. The van der Waals surface area contributed by atoms with Crippen molar-refractivity contribution in [2.45, 2.75) is 6.92 Å². The summed E-state index contributed by atoms with van der Waals surface area (Å²) in [4.78, 5) is 10.9. The average Bonchev–Trinajstić information content (AvgIpc) is 2.24. The van der Waals surface area contributed by atoms with Crippen molar-refractivity contribution < 1.29 is 14.3 Å². The highest BCUT2D eigenvalue weighted by Crippen LogP contribution is 2.28. The molecule has 0 spiro atoms. The van der Waals surface area contributed by atoms with E-state index < -0.39 is 0 Å². The molecule has 1 aromatic rings. The van der Waals surface area contributed by atoms with Gasteiger partial charge in [0.2, 0.25) is 0 Å². The molecule has 16 heavy (non-hydrogen) atoms. The molecule has 0 radical (unpaired) electrons. The van der Waals surface area contributed by atoms with Crippen molar-refractivity contribution in [3.05, 3.63) is 27.3 Å². The van der Waals surface area contributed by atoms with E-state index in [4.69, 9.17) is 9.47 Å². The van der Waals surface area contributed by atoms with Crippen molar-refractivity contribution in [3.8, 4) is 5.75 Å². The maximum absolute atomic E-state index is 10.9. The van der Waals surface area contributed by atoms with Crippen LogP contribution in [0.3, 0.4) is 0 Å². The summed E-state index contributed by atoms with van der Waals surface area (Å²) in [5.74, 6) is 0.656. The molecule has 0 bridgehead atoms. The lowest BCUT2D eigenvalue weighted by Gasteiger charge is -2.37. The van der Waals surface area contributed by atoms with Gasteiger partial charge in [0.1, 0.15) is 5.75 Å². The summed E-state index contributed by atoms with van der Waals surface area (Å²) in [5, 5.41) is 0. The number of rotatable bonds is 4. The van der Waals surface area contributed by atoms with Gasteiger partial charge in [-0.05, 0) is 40.8 Å². The third-order valence-corrected chi connectivity index (χ3v) is 3.25. The van der Waals surface area contributed by atoms with Crippen LogP contribution in [0.15, 0.2) is 18.2 Å². The van der Waals surface area contributed by atoms with Crippen LogP contribution in [0.4, 0.5) is 0 Å². The molecule has 0 aliphatic carbocycles. The Morgan fingerprint density at radius 1 is 1.56 bits per heavy atom. The van der Waals surface area contributed by atoms with E-state index in [2.05, 4.69) is 29.5 Å². The quantitative estimate of drug-likeness (QED) is 0.628. The third-order valence-electron chi connectivity index (χ3n) is 2.58. The first kappa shape index (κ1) is 11.9. The van der Waals surface area contributed by atoms with Crippen LogP contribution < -0.4 is 4.74 Å². The van der Waals surface area contributed by atoms with E-state index in [1.54, 1.807) is 0 Å². The van der Waals surface area contributed by atoms with Gasteiger partial charge in [-0.1, -0.05) is 6.92 Å². The van der Waals surface area contributed by atoms with Crippen LogP contribution in [0.2, 0.25) is 0 Å². The highest BCUT2D eigenvalue weighted by atomic mass is 127. The monoisotopic (exact) mass is 332 g/mol. The van der Waals surface area contributed by atoms with E-state index in [1.807, 2.05) is 18.2 Å². The lowest BCUT2D eigenvalue weighted by atomic mass is 9.90. The van der Waals surface area contributed by atoms with Gasteiger partial charge in [-0.2, -0.15) is 0 Å². The van der Waals surface area contributed by atoms with Gasteiger partial charge in [0.05, 0.1) is 25.4 Å². The van der Waals surface area contributed by atoms with Gasteiger partial charge >= 0.3 is 0 Å². The fourth-order valence-corrected chi connectivity index (χ4v) is 2.04. The zero-order valence-electron chi connectivity index (χ0n) is 9.03. The van der Waals surface area contributed by atoms with Crippen LogP contribution in [-0.4, -0.2) is 26.1 Å². The van der Waals surface area contributed by atoms with Gasteiger partial charge in [0.25, 0.3) is 0 Å². The van der Waals surface area contributed by atoms with E-state index in [-0.39, 0.29) is 5.41 Å². The highest BCUT2D eigenvalue weighted by molar-refractivity contribution is 14.1. The fraction of sp³-hybridized carbons (Fsp3) is 0.417. The average molecular weight is 332 g/mol. The Morgan fingerprint density at radius 2 is 2.31 bits per heavy atom. The molecular formula is C12H13IO3. The Labute approximate surface area is 108 Å². The number of carbonyl (C=O) groups excluding carboxylic acids is 1. The second kappa shape index (κ2) is 4.71. The lowest BCUT2D eigenvalue weighted by Crippen LogP contribution is -2.44. The zero-order chi connectivity index (χ0) is 11.6. The van der Waals surface area contributed by atoms with Gasteiger partial charge in [0.15, 0.2) is 6.29 Å². The molecule has 1 fully saturated rings. The largest absolute Gasteiger partial charge is 0.492 e. The van der Waals surface area contributed by atoms with Crippen LogP contribution >= 0.6 is 22.6 Å². The summed E-state index contributed by atoms with van der Waals surface area (Å²) in [5.41, 5.74) is 0.708. The molecular weight excluding hydrogens is 319 g/mol. The van der Waals surface area contributed by atoms with E-state index in [0.29, 0.717) is 17.9 Å². The van der Waals surface area contributed by atoms with Gasteiger partial charge < -0.3 is 9.47 Å². The molecule has 0 aromatic heterocycles. The summed E-state index contributed by atoms with van der Waals surface area (Å²) in [6.45, 7) is 4.17. The first-order valence-electron chi connectivity index (χ1n) is 5.08. The smallest absolute Gasteiger partial charge is 0.153 e. The van der Waals surface area contributed by atoms with E-state index in [9.17, 15) is 4.79 Å². The van der Waals surface area contributed by atoms with Crippen molar-refractivity contribution in [2.24, 2.45) is 5.41 Å². The van der Waals surface area contributed by atoms with Crippen molar-refractivity contribution in [1.29, 1.82) is 0 Å². The minimum Gasteiger partial charge on any atom is -0.492 e. The second-order valence-corrected chi connectivity index (χ2v) is 5.64. The summed E-state index contributed by atoms with van der Waals surface area (Å²) in [7, 11) is 0. The van der Waals surface area contributed by atoms with Crippen LogP contribution in [0.5, 0.6) is 5.75 Å². The molecule has 1 aromatic carbocycles. The molecule has 0 unspecified atom stereocenters. The minimum atomic E-state index is 0.100. The normalized spacial score (nSPS) is 17.6. The lowest BCUT2D eigenvalue weighted by molar-refractivity contribution is -0.120. The standard InChI is InChI=1S/C12H13IO3/c1-12(6-15-7-12)8-16-11-3-2-10(13)4-9(11)5-14/h2-5H,6-8H2,1H3. The van der Waals surface area contributed by atoms with Crippen molar-refractivity contribution in [1.82, 2.24) is 0 Å². The molecule has 1 aliphatic rings. The predicted molar refractivity (Wildman–Crippen MR) is 69.0 cm³/mol. The third kappa shape index (κ3) is 2.55. The number of benzene rings is 1. The first-order chi connectivity index (χ1) is 7.63. The van der Waals surface area contributed by atoms with Gasteiger partial charge in [-0.15, -0.1) is 0 Å². The van der Waals surface area contributed by atoms with E-state index in [1.165, 1.54) is 0 Å². The van der Waals surface area contributed by atoms with Crippen molar-refractivity contribution in [2.75, 3.05) is 19.8 Å². The zero-order valence-corrected chi connectivity index (χ0v) is 11.2. The number of carbonyl (C=O) groups is 1. The van der Waals surface area contributed by atoms with Gasteiger partial charge in [-0.3, -0.25) is 4.79 Å². The Kier molecular flexibility index (Phi) is 3.49. The van der Waals surface area contributed by atoms with Crippen LogP contribution in [0.25, 0.3) is 0 Å². The maximum Gasteiger partial charge on any atom is 0.153 e. The molecule has 3 nitrogen and oxygen atoms in total.